The van der Waals surface area contributed by atoms with Crippen molar-refractivity contribution in [1.29, 1.82) is 0 Å². The molecule has 0 aliphatic carbocycles. The van der Waals surface area contributed by atoms with Gasteiger partial charge >= 0.3 is 0 Å². The summed E-state index contributed by atoms with van der Waals surface area (Å²) in [5.41, 5.74) is 0.911. The molecule has 8 heteroatoms. The van der Waals surface area contributed by atoms with Gasteiger partial charge in [-0.3, -0.25) is 4.79 Å². The van der Waals surface area contributed by atoms with Crippen LogP contribution in [0.3, 0.4) is 0 Å². The highest BCUT2D eigenvalue weighted by Crippen LogP contribution is 2.30. The van der Waals surface area contributed by atoms with Crippen LogP contribution in [-0.2, 0) is 10.5 Å². The maximum atomic E-state index is 13.1. The number of hydrogen-bond donors (Lipinski definition) is 1. The molecular weight excluding hydrogens is 341 g/mol. The molecule has 0 saturated carbocycles. The first-order valence-corrected chi connectivity index (χ1v) is 9.56. The van der Waals surface area contributed by atoms with Crippen molar-refractivity contribution in [2.45, 2.75) is 27.8 Å². The van der Waals surface area contributed by atoms with Gasteiger partial charge in [-0.25, -0.2) is 4.39 Å². The van der Waals surface area contributed by atoms with Gasteiger partial charge in [-0.05, 0) is 24.1 Å². The molecule has 0 unspecified atom stereocenters. The second kappa shape index (κ2) is 9.12. The highest BCUT2D eigenvalue weighted by Gasteiger charge is 2.08. The molecule has 0 aliphatic rings. The Bertz CT molecular complexity index is 621. The summed E-state index contributed by atoms with van der Waals surface area (Å²) in [7, 11) is 0. The minimum absolute atomic E-state index is 0.0102. The summed E-state index contributed by atoms with van der Waals surface area (Å²) in [5.74, 6) is 0.776. The molecule has 1 N–H and O–H groups in total. The number of amides is 1. The van der Waals surface area contributed by atoms with Crippen LogP contribution in [-0.4, -0.2) is 28.4 Å². The number of thioether (sulfide) groups is 2. The summed E-state index contributed by atoms with van der Waals surface area (Å²) in [4.78, 5) is 11.5. The number of carbonyl (C=O) groups is 1. The minimum Gasteiger partial charge on any atom is -0.355 e. The molecule has 0 fully saturated rings. The molecule has 1 heterocycles. The van der Waals surface area contributed by atoms with Crippen molar-refractivity contribution in [2.24, 2.45) is 0 Å². The van der Waals surface area contributed by atoms with E-state index in [9.17, 15) is 9.18 Å². The summed E-state index contributed by atoms with van der Waals surface area (Å²) in [6.45, 7) is 2.71. The first-order chi connectivity index (χ1) is 10.7. The molecule has 2 rings (SSSR count). The van der Waals surface area contributed by atoms with E-state index in [2.05, 4.69) is 15.5 Å². The van der Waals surface area contributed by atoms with Gasteiger partial charge < -0.3 is 5.32 Å². The fourth-order valence-corrected chi connectivity index (χ4v) is 4.32. The fraction of sp³-hybridized carbons (Fsp3) is 0.357. The summed E-state index contributed by atoms with van der Waals surface area (Å²) in [6.07, 6.45) is 0.927. The molecule has 0 aliphatic heterocycles. The molecule has 118 valence electrons. The van der Waals surface area contributed by atoms with Crippen LogP contribution in [0.5, 0.6) is 0 Å². The molecule has 22 heavy (non-hydrogen) atoms. The molecule has 1 amide bonds. The van der Waals surface area contributed by atoms with Gasteiger partial charge in [0, 0.05) is 12.3 Å². The zero-order valence-corrected chi connectivity index (χ0v) is 14.5. The van der Waals surface area contributed by atoms with E-state index >= 15 is 0 Å². The maximum absolute atomic E-state index is 13.1. The van der Waals surface area contributed by atoms with Crippen LogP contribution < -0.4 is 5.32 Å². The molecule has 0 spiro atoms. The number of halogens is 1. The number of benzene rings is 1. The molecule has 4 nitrogen and oxygen atoms in total. The number of hydrogen-bond acceptors (Lipinski definition) is 6. The predicted molar refractivity (Wildman–Crippen MR) is 89.9 cm³/mol. The van der Waals surface area contributed by atoms with Crippen LogP contribution in [0.2, 0.25) is 0 Å². The monoisotopic (exact) mass is 357 g/mol. The van der Waals surface area contributed by atoms with Crippen molar-refractivity contribution in [3.8, 4) is 0 Å². The zero-order valence-electron chi connectivity index (χ0n) is 12.0. The lowest BCUT2D eigenvalue weighted by atomic mass is 10.2. The first-order valence-electron chi connectivity index (χ1n) is 6.77. The van der Waals surface area contributed by atoms with E-state index in [4.69, 9.17) is 0 Å². The van der Waals surface area contributed by atoms with Gasteiger partial charge in [0.15, 0.2) is 8.68 Å². The molecule has 0 atom stereocenters. The number of nitrogens with one attached hydrogen (secondary N) is 1. The highest BCUT2D eigenvalue weighted by molar-refractivity contribution is 8.03. The molecule has 0 radical (unpaired) electrons. The molecule has 2 aromatic rings. The second-order valence-corrected chi connectivity index (χ2v) is 7.81. The fourth-order valence-electron chi connectivity index (χ4n) is 1.53. The molecule has 1 aromatic heterocycles. The number of nitrogens with zero attached hydrogens (tertiary/aromatic N) is 2. The van der Waals surface area contributed by atoms with Gasteiger partial charge in [0.25, 0.3) is 0 Å². The molecular formula is C14H16FN3OS3. The van der Waals surface area contributed by atoms with Gasteiger partial charge in [-0.2, -0.15) is 0 Å². The number of aromatic nitrogens is 2. The zero-order chi connectivity index (χ0) is 15.8. The summed E-state index contributed by atoms with van der Waals surface area (Å²) < 4.78 is 14.7. The van der Waals surface area contributed by atoms with Crippen LogP contribution in [0.15, 0.2) is 32.9 Å². The van der Waals surface area contributed by atoms with Crippen molar-refractivity contribution in [1.82, 2.24) is 15.5 Å². The summed E-state index contributed by atoms with van der Waals surface area (Å²) in [5, 5.41) is 11.0. The third-order valence-corrected chi connectivity index (χ3v) is 5.80. The van der Waals surface area contributed by atoms with E-state index in [1.165, 1.54) is 47.0 Å². The number of carbonyl (C=O) groups excluding carboxylic acids is 1. The third-order valence-electron chi connectivity index (χ3n) is 2.54. The Morgan fingerprint density at radius 1 is 1.32 bits per heavy atom. The van der Waals surface area contributed by atoms with Crippen molar-refractivity contribution >= 4 is 40.8 Å². The second-order valence-electron chi connectivity index (χ2n) is 4.39. The quantitative estimate of drug-likeness (QED) is 0.732. The van der Waals surface area contributed by atoms with E-state index in [1.54, 1.807) is 6.07 Å². The van der Waals surface area contributed by atoms with Crippen LogP contribution in [0.1, 0.15) is 18.9 Å². The van der Waals surface area contributed by atoms with E-state index in [-0.39, 0.29) is 11.7 Å². The van der Waals surface area contributed by atoms with Crippen molar-refractivity contribution in [3.05, 3.63) is 35.6 Å². The Kier molecular flexibility index (Phi) is 7.14. The highest BCUT2D eigenvalue weighted by atomic mass is 32.2. The van der Waals surface area contributed by atoms with Crippen molar-refractivity contribution < 1.29 is 9.18 Å². The average Bonchev–Trinajstić information content (AvgIpc) is 2.97. The van der Waals surface area contributed by atoms with Gasteiger partial charge in [-0.1, -0.05) is 53.9 Å². The lowest BCUT2D eigenvalue weighted by Crippen LogP contribution is -2.25. The van der Waals surface area contributed by atoms with Crippen molar-refractivity contribution in [2.75, 3.05) is 12.3 Å². The van der Waals surface area contributed by atoms with E-state index in [1.807, 2.05) is 13.0 Å². The van der Waals surface area contributed by atoms with E-state index in [0.717, 1.165) is 20.7 Å². The molecule has 0 saturated heterocycles. The Morgan fingerprint density at radius 2 is 2.09 bits per heavy atom. The standard InChI is InChI=1S/C14H16FN3OS3/c1-2-6-16-12(19)9-21-14-18-17-13(22-14)20-8-10-4-3-5-11(15)7-10/h3-5,7H,2,6,8-9H2,1H3,(H,16,19). The third kappa shape index (κ3) is 5.94. The van der Waals surface area contributed by atoms with Gasteiger partial charge in [-0.15, -0.1) is 10.2 Å². The lowest BCUT2D eigenvalue weighted by Gasteiger charge is -2.00. The maximum Gasteiger partial charge on any atom is 0.230 e. The minimum atomic E-state index is -0.232. The van der Waals surface area contributed by atoms with Gasteiger partial charge in [0.1, 0.15) is 5.82 Å². The lowest BCUT2D eigenvalue weighted by molar-refractivity contribution is -0.118. The SMILES string of the molecule is CCCNC(=O)CSc1nnc(SCc2cccc(F)c2)s1. The predicted octanol–water partition coefficient (Wildman–Crippen LogP) is 3.59. The largest absolute Gasteiger partial charge is 0.355 e. The first kappa shape index (κ1) is 17.2. The van der Waals surface area contributed by atoms with Crippen molar-refractivity contribution in [3.63, 3.8) is 0 Å². The van der Waals surface area contributed by atoms with E-state index in [0.29, 0.717) is 18.1 Å². The van der Waals surface area contributed by atoms with Crippen LogP contribution in [0.4, 0.5) is 4.39 Å². The summed E-state index contributed by atoms with van der Waals surface area (Å²) >= 11 is 4.35. The molecule has 0 bridgehead atoms. The van der Waals surface area contributed by atoms with E-state index < -0.39 is 0 Å². The number of rotatable bonds is 8. The Morgan fingerprint density at radius 3 is 2.82 bits per heavy atom. The topological polar surface area (TPSA) is 54.9 Å². The molecule has 1 aromatic carbocycles. The Hall–Kier alpha value is -1.12. The van der Waals surface area contributed by atoms with Crippen LogP contribution in [0.25, 0.3) is 0 Å². The smallest absolute Gasteiger partial charge is 0.230 e. The van der Waals surface area contributed by atoms with Gasteiger partial charge in [0.2, 0.25) is 5.91 Å². The van der Waals surface area contributed by atoms with Crippen LogP contribution in [0, 0.1) is 5.82 Å². The van der Waals surface area contributed by atoms with Crippen LogP contribution >= 0.6 is 34.9 Å². The normalized spacial score (nSPS) is 10.6. The Balaban J connectivity index is 1.77. The summed E-state index contributed by atoms with van der Waals surface area (Å²) in [6, 6.07) is 6.52. The Labute approximate surface area is 141 Å². The van der Waals surface area contributed by atoms with Gasteiger partial charge in [0.05, 0.1) is 5.75 Å². The average molecular weight is 358 g/mol.